The molecule has 1 unspecified atom stereocenters. The minimum absolute atomic E-state index is 0.342. The number of rotatable bonds is 9. The van der Waals surface area contributed by atoms with Crippen LogP contribution in [0.5, 0.6) is 0 Å². The summed E-state index contributed by atoms with van der Waals surface area (Å²) in [6, 6.07) is 1.96. The first-order valence-electron chi connectivity index (χ1n) is 9.53. The van der Waals surface area contributed by atoms with Crippen molar-refractivity contribution in [3.8, 4) is 0 Å². The average Bonchev–Trinajstić information content (AvgIpc) is 3.19. The van der Waals surface area contributed by atoms with Crippen LogP contribution in [-0.4, -0.2) is 69.0 Å². The largest absolute Gasteiger partial charge is 0.383 e. The van der Waals surface area contributed by atoms with E-state index in [0.717, 1.165) is 50.9 Å². The molecule has 1 fully saturated rings. The van der Waals surface area contributed by atoms with Gasteiger partial charge in [0.2, 0.25) is 0 Å². The maximum Gasteiger partial charge on any atom is 0.191 e. The predicted octanol–water partition coefficient (Wildman–Crippen LogP) is 1.87. The monoisotopic (exact) mass is 382 g/mol. The number of guanidine groups is 1. The van der Waals surface area contributed by atoms with Crippen molar-refractivity contribution in [3.05, 3.63) is 22.4 Å². The van der Waals surface area contributed by atoms with E-state index in [2.05, 4.69) is 27.4 Å². The molecule has 7 heteroatoms. The highest BCUT2D eigenvalue weighted by atomic mass is 32.1. The van der Waals surface area contributed by atoms with Crippen LogP contribution in [-0.2, 0) is 10.3 Å². The van der Waals surface area contributed by atoms with Crippen molar-refractivity contribution in [1.29, 1.82) is 0 Å². The lowest BCUT2D eigenvalue weighted by Gasteiger charge is -2.32. The quantitative estimate of drug-likeness (QED) is 0.449. The summed E-state index contributed by atoms with van der Waals surface area (Å²) in [5.41, 5.74) is -0.0137. The minimum Gasteiger partial charge on any atom is -0.383 e. The van der Waals surface area contributed by atoms with Crippen molar-refractivity contribution in [2.45, 2.75) is 32.3 Å². The van der Waals surface area contributed by atoms with E-state index in [0.29, 0.717) is 12.5 Å². The fourth-order valence-corrected chi connectivity index (χ4v) is 3.90. The minimum atomic E-state index is -0.935. The smallest absolute Gasteiger partial charge is 0.191 e. The summed E-state index contributed by atoms with van der Waals surface area (Å²) in [5.74, 6) is 1.44. The van der Waals surface area contributed by atoms with E-state index in [4.69, 9.17) is 4.74 Å². The molecule has 0 bridgehead atoms. The first-order chi connectivity index (χ1) is 12.5. The van der Waals surface area contributed by atoms with Crippen LogP contribution in [0, 0.1) is 5.92 Å². The molecule has 1 aromatic rings. The van der Waals surface area contributed by atoms with Gasteiger partial charge in [-0.1, -0.05) is 0 Å². The van der Waals surface area contributed by atoms with Crippen LogP contribution in [0.1, 0.15) is 32.3 Å². The zero-order chi connectivity index (χ0) is 18.8. The lowest BCUT2D eigenvalue weighted by Crippen LogP contribution is -2.44. The van der Waals surface area contributed by atoms with Gasteiger partial charge in [0.05, 0.1) is 13.2 Å². The van der Waals surface area contributed by atoms with E-state index in [1.165, 1.54) is 12.8 Å². The Morgan fingerprint density at radius 2 is 2.19 bits per heavy atom. The van der Waals surface area contributed by atoms with Gasteiger partial charge in [-0.2, -0.15) is 11.3 Å². The molecule has 6 nitrogen and oxygen atoms in total. The second-order valence-corrected chi connectivity index (χ2v) is 7.92. The van der Waals surface area contributed by atoms with E-state index in [1.807, 2.05) is 23.8 Å². The lowest BCUT2D eigenvalue weighted by atomic mass is 9.97. The van der Waals surface area contributed by atoms with Crippen molar-refractivity contribution in [3.63, 3.8) is 0 Å². The number of nitrogens with one attached hydrogen (secondary N) is 2. The van der Waals surface area contributed by atoms with Crippen molar-refractivity contribution in [2.75, 3.05) is 53.0 Å². The first kappa shape index (κ1) is 21.2. The highest BCUT2D eigenvalue weighted by molar-refractivity contribution is 7.08. The molecule has 1 aliphatic heterocycles. The zero-order valence-corrected chi connectivity index (χ0v) is 17.1. The van der Waals surface area contributed by atoms with E-state index in [1.54, 1.807) is 18.4 Å². The standard InChI is InChI=1S/C19H34N4O2S/c1-4-20-18(22-15-19(2,24)17-7-12-26-14-17)21-13-16-5-8-23(9-6-16)10-11-25-3/h7,12,14,16,24H,4-6,8-11,13,15H2,1-3H3,(H2,20,21,22). The Kier molecular flexibility index (Phi) is 8.84. The number of methoxy groups -OCH3 is 1. The Morgan fingerprint density at radius 3 is 2.81 bits per heavy atom. The number of hydrogen-bond acceptors (Lipinski definition) is 5. The highest BCUT2D eigenvalue weighted by Crippen LogP contribution is 2.23. The summed E-state index contributed by atoms with van der Waals surface area (Å²) >= 11 is 1.59. The van der Waals surface area contributed by atoms with Crippen LogP contribution >= 0.6 is 11.3 Å². The van der Waals surface area contributed by atoms with E-state index in [9.17, 15) is 5.11 Å². The van der Waals surface area contributed by atoms with Gasteiger partial charge in [0.25, 0.3) is 0 Å². The molecule has 1 aliphatic rings. The zero-order valence-electron chi connectivity index (χ0n) is 16.3. The van der Waals surface area contributed by atoms with Gasteiger partial charge in [-0.05, 0) is 68.1 Å². The summed E-state index contributed by atoms with van der Waals surface area (Å²) in [5, 5.41) is 21.3. The number of ether oxygens (including phenoxy) is 1. The number of aliphatic hydroxyl groups is 1. The van der Waals surface area contributed by atoms with Crippen LogP contribution in [0.3, 0.4) is 0 Å². The van der Waals surface area contributed by atoms with Crippen LogP contribution in [0.15, 0.2) is 21.8 Å². The summed E-state index contributed by atoms with van der Waals surface area (Å²) < 4.78 is 5.16. The topological polar surface area (TPSA) is 69.1 Å². The Morgan fingerprint density at radius 1 is 1.42 bits per heavy atom. The van der Waals surface area contributed by atoms with Gasteiger partial charge in [0.15, 0.2) is 5.96 Å². The van der Waals surface area contributed by atoms with Gasteiger partial charge < -0.3 is 25.4 Å². The van der Waals surface area contributed by atoms with Crippen molar-refractivity contribution >= 4 is 17.3 Å². The third kappa shape index (κ3) is 6.87. The van der Waals surface area contributed by atoms with E-state index >= 15 is 0 Å². The molecule has 3 N–H and O–H groups in total. The number of thiophene rings is 1. The summed E-state index contributed by atoms with van der Waals surface area (Å²) in [7, 11) is 1.76. The third-order valence-electron chi connectivity index (χ3n) is 4.91. The number of nitrogens with zero attached hydrogens (tertiary/aromatic N) is 2. The average molecular weight is 383 g/mol. The van der Waals surface area contributed by atoms with Crippen LogP contribution in [0.2, 0.25) is 0 Å². The molecular weight excluding hydrogens is 348 g/mol. The Hall–Kier alpha value is -1.15. The molecule has 2 rings (SSSR count). The summed E-state index contributed by atoms with van der Waals surface area (Å²) in [4.78, 5) is 7.07. The molecule has 0 radical (unpaired) electrons. The van der Waals surface area contributed by atoms with Gasteiger partial charge in [0, 0.05) is 26.7 Å². The molecule has 148 valence electrons. The van der Waals surface area contributed by atoms with Crippen LogP contribution < -0.4 is 10.6 Å². The van der Waals surface area contributed by atoms with Crippen LogP contribution in [0.25, 0.3) is 0 Å². The van der Waals surface area contributed by atoms with Crippen molar-refractivity contribution < 1.29 is 9.84 Å². The molecular formula is C19H34N4O2S. The predicted molar refractivity (Wildman–Crippen MR) is 109 cm³/mol. The second-order valence-electron chi connectivity index (χ2n) is 7.14. The summed E-state index contributed by atoms with van der Waals surface area (Å²) in [6.07, 6.45) is 2.39. The van der Waals surface area contributed by atoms with Crippen molar-refractivity contribution in [1.82, 2.24) is 15.5 Å². The molecule has 1 saturated heterocycles. The molecule has 1 aromatic heterocycles. The molecule has 0 spiro atoms. The van der Waals surface area contributed by atoms with Gasteiger partial charge in [0.1, 0.15) is 5.60 Å². The highest BCUT2D eigenvalue weighted by Gasteiger charge is 2.23. The lowest BCUT2D eigenvalue weighted by molar-refractivity contribution is 0.0677. The SMILES string of the molecule is CCNC(=NCC(C)(O)c1ccsc1)NCC1CCN(CCOC)CC1. The fourth-order valence-electron chi connectivity index (χ4n) is 3.11. The summed E-state index contributed by atoms with van der Waals surface area (Å²) in [6.45, 7) is 10.1. The Balaban J connectivity index is 1.79. The van der Waals surface area contributed by atoms with Gasteiger partial charge >= 0.3 is 0 Å². The number of hydrogen-bond donors (Lipinski definition) is 3. The third-order valence-corrected chi connectivity index (χ3v) is 5.59. The van der Waals surface area contributed by atoms with Gasteiger partial charge in [-0.25, -0.2) is 4.99 Å². The molecule has 1 atom stereocenters. The fraction of sp³-hybridized carbons (Fsp3) is 0.737. The second kappa shape index (κ2) is 10.9. The Labute approximate surface area is 161 Å². The molecule has 26 heavy (non-hydrogen) atoms. The molecule has 0 aromatic carbocycles. The first-order valence-corrected chi connectivity index (χ1v) is 10.5. The number of piperidine rings is 1. The number of aliphatic imine (C=N–C) groups is 1. The van der Waals surface area contributed by atoms with E-state index in [-0.39, 0.29) is 0 Å². The van der Waals surface area contributed by atoms with Gasteiger partial charge in [-0.3, -0.25) is 0 Å². The normalized spacial score (nSPS) is 19.3. The molecule has 0 aliphatic carbocycles. The molecule has 0 amide bonds. The number of likely N-dealkylation sites (tertiary alicyclic amines) is 1. The molecule has 2 heterocycles. The van der Waals surface area contributed by atoms with E-state index < -0.39 is 5.60 Å². The maximum absolute atomic E-state index is 10.6. The maximum atomic E-state index is 10.6. The molecule has 0 saturated carbocycles. The van der Waals surface area contributed by atoms with Gasteiger partial charge in [-0.15, -0.1) is 0 Å². The van der Waals surface area contributed by atoms with Crippen molar-refractivity contribution in [2.24, 2.45) is 10.9 Å². The Bertz CT molecular complexity index is 526. The van der Waals surface area contributed by atoms with Crippen LogP contribution in [0.4, 0.5) is 0 Å².